The van der Waals surface area contributed by atoms with Crippen LogP contribution < -0.4 is 15.4 Å². The zero-order valence-corrected chi connectivity index (χ0v) is 15.3. The molecule has 0 aliphatic rings. The Labute approximate surface area is 149 Å². The molecular weight excluding hydrogens is 384 g/mol. The van der Waals surface area contributed by atoms with E-state index in [-0.39, 0.29) is 6.04 Å². The fraction of sp³-hybridized carbons (Fsp3) is 0.188. The highest BCUT2D eigenvalue weighted by atomic mass is 79.9. The van der Waals surface area contributed by atoms with Gasteiger partial charge >= 0.3 is 0 Å². The Kier molecular flexibility index (Phi) is 6.06. The highest BCUT2D eigenvalue weighted by molar-refractivity contribution is 9.10. The fourth-order valence-electron chi connectivity index (χ4n) is 1.91. The number of anilines is 1. The van der Waals surface area contributed by atoms with Gasteiger partial charge in [0, 0.05) is 10.2 Å². The second kappa shape index (κ2) is 7.81. The second-order valence-electron chi connectivity index (χ2n) is 4.72. The zero-order chi connectivity index (χ0) is 16.1. The molecule has 0 unspecified atom stereocenters. The molecule has 0 aliphatic heterocycles. The van der Waals surface area contributed by atoms with Crippen LogP contribution in [0.15, 0.2) is 46.9 Å². The fourth-order valence-corrected chi connectivity index (χ4v) is 2.64. The molecule has 3 nitrogen and oxygen atoms in total. The number of benzene rings is 2. The molecule has 116 valence electrons. The van der Waals surface area contributed by atoms with Gasteiger partial charge in [0.1, 0.15) is 5.75 Å². The Morgan fingerprint density at radius 1 is 1.23 bits per heavy atom. The Morgan fingerprint density at radius 2 is 1.91 bits per heavy atom. The first-order valence-electron chi connectivity index (χ1n) is 6.66. The second-order valence-corrected chi connectivity index (χ2v) is 6.39. The molecule has 0 bridgehead atoms. The SMILES string of the molecule is COc1ccc([C@H](C)NC(=S)Nc2ccc(Br)c(Cl)c2)cc1. The molecular formula is C16H16BrClN2OS. The van der Waals surface area contributed by atoms with Gasteiger partial charge in [-0.2, -0.15) is 0 Å². The molecule has 2 aromatic rings. The Morgan fingerprint density at radius 3 is 2.50 bits per heavy atom. The number of hydrogen-bond acceptors (Lipinski definition) is 2. The molecule has 2 rings (SSSR count). The van der Waals surface area contributed by atoms with Gasteiger partial charge in [-0.15, -0.1) is 0 Å². The third-order valence-electron chi connectivity index (χ3n) is 3.14. The molecule has 0 heterocycles. The average molecular weight is 400 g/mol. The van der Waals surface area contributed by atoms with Crippen LogP contribution in [0.3, 0.4) is 0 Å². The lowest BCUT2D eigenvalue weighted by Crippen LogP contribution is -2.30. The summed E-state index contributed by atoms with van der Waals surface area (Å²) in [5, 5.41) is 7.54. The summed E-state index contributed by atoms with van der Waals surface area (Å²) in [5.74, 6) is 0.834. The highest BCUT2D eigenvalue weighted by Gasteiger charge is 2.08. The van der Waals surface area contributed by atoms with E-state index in [2.05, 4.69) is 26.6 Å². The van der Waals surface area contributed by atoms with Gasteiger partial charge in [0.15, 0.2) is 5.11 Å². The van der Waals surface area contributed by atoms with Crippen molar-refractivity contribution in [1.82, 2.24) is 5.32 Å². The van der Waals surface area contributed by atoms with Crippen LogP contribution >= 0.6 is 39.7 Å². The summed E-state index contributed by atoms with van der Waals surface area (Å²) in [6.07, 6.45) is 0. The van der Waals surface area contributed by atoms with Crippen molar-refractivity contribution >= 4 is 50.5 Å². The van der Waals surface area contributed by atoms with Gasteiger partial charge in [0.25, 0.3) is 0 Å². The lowest BCUT2D eigenvalue weighted by atomic mass is 10.1. The first-order valence-corrected chi connectivity index (χ1v) is 8.24. The maximum Gasteiger partial charge on any atom is 0.171 e. The number of halogens is 2. The first-order chi connectivity index (χ1) is 10.5. The number of rotatable bonds is 4. The molecule has 0 fully saturated rings. The minimum atomic E-state index is 0.0804. The predicted molar refractivity (Wildman–Crippen MR) is 99.9 cm³/mol. The van der Waals surface area contributed by atoms with Crippen LogP contribution in [0.1, 0.15) is 18.5 Å². The van der Waals surface area contributed by atoms with Crippen molar-refractivity contribution in [2.75, 3.05) is 12.4 Å². The monoisotopic (exact) mass is 398 g/mol. The van der Waals surface area contributed by atoms with Crippen molar-refractivity contribution < 1.29 is 4.74 Å². The summed E-state index contributed by atoms with van der Waals surface area (Å²) in [6, 6.07) is 13.6. The van der Waals surface area contributed by atoms with Crippen molar-refractivity contribution in [1.29, 1.82) is 0 Å². The van der Waals surface area contributed by atoms with Crippen molar-refractivity contribution in [3.63, 3.8) is 0 Å². The Bertz CT molecular complexity index is 664. The molecule has 0 spiro atoms. The van der Waals surface area contributed by atoms with E-state index in [1.165, 1.54) is 0 Å². The minimum Gasteiger partial charge on any atom is -0.497 e. The summed E-state index contributed by atoms with van der Waals surface area (Å²) in [7, 11) is 1.65. The molecule has 2 N–H and O–H groups in total. The summed E-state index contributed by atoms with van der Waals surface area (Å²) in [5.41, 5.74) is 1.96. The smallest absolute Gasteiger partial charge is 0.171 e. The molecule has 0 amide bonds. The standard InChI is InChI=1S/C16H16BrClN2OS/c1-10(11-3-6-13(21-2)7-4-11)19-16(22)20-12-5-8-14(17)15(18)9-12/h3-10H,1-2H3,(H2,19,20,22)/t10-/m0/s1. The van der Waals surface area contributed by atoms with Gasteiger partial charge in [-0.3, -0.25) is 0 Å². The lowest BCUT2D eigenvalue weighted by molar-refractivity contribution is 0.414. The maximum absolute atomic E-state index is 6.07. The molecule has 0 aliphatic carbocycles. The number of hydrogen-bond donors (Lipinski definition) is 2. The van der Waals surface area contributed by atoms with Gasteiger partial charge in [0.05, 0.1) is 18.2 Å². The van der Waals surface area contributed by atoms with E-state index < -0.39 is 0 Å². The summed E-state index contributed by atoms with van der Waals surface area (Å²) in [4.78, 5) is 0. The van der Waals surface area contributed by atoms with Gasteiger partial charge in [-0.05, 0) is 71.0 Å². The van der Waals surface area contributed by atoms with Gasteiger partial charge < -0.3 is 15.4 Å². The summed E-state index contributed by atoms with van der Waals surface area (Å²) in [6.45, 7) is 2.05. The maximum atomic E-state index is 6.07. The van der Waals surface area contributed by atoms with Crippen LogP contribution in [0.2, 0.25) is 5.02 Å². The van der Waals surface area contributed by atoms with Crippen LogP contribution in [0.4, 0.5) is 5.69 Å². The highest BCUT2D eigenvalue weighted by Crippen LogP contribution is 2.25. The molecule has 0 saturated carbocycles. The Hall–Kier alpha value is -1.30. The van der Waals surface area contributed by atoms with Gasteiger partial charge in [-0.25, -0.2) is 0 Å². The summed E-state index contributed by atoms with van der Waals surface area (Å²) < 4.78 is 6.01. The molecule has 0 radical (unpaired) electrons. The van der Waals surface area contributed by atoms with E-state index in [1.54, 1.807) is 7.11 Å². The number of methoxy groups -OCH3 is 1. The number of ether oxygens (including phenoxy) is 1. The average Bonchev–Trinajstić information content (AvgIpc) is 2.51. The lowest BCUT2D eigenvalue weighted by Gasteiger charge is -2.18. The van der Waals surface area contributed by atoms with Crippen LogP contribution in [0, 0.1) is 0 Å². The van der Waals surface area contributed by atoms with E-state index in [4.69, 9.17) is 28.6 Å². The van der Waals surface area contributed by atoms with E-state index >= 15 is 0 Å². The van der Waals surface area contributed by atoms with E-state index in [1.807, 2.05) is 49.4 Å². The molecule has 22 heavy (non-hydrogen) atoms. The Balaban J connectivity index is 1.96. The van der Waals surface area contributed by atoms with Crippen LogP contribution in [-0.4, -0.2) is 12.2 Å². The van der Waals surface area contributed by atoms with Crippen molar-refractivity contribution in [2.45, 2.75) is 13.0 Å². The molecule has 0 saturated heterocycles. The third-order valence-corrected chi connectivity index (χ3v) is 4.59. The summed E-state index contributed by atoms with van der Waals surface area (Å²) >= 11 is 14.8. The topological polar surface area (TPSA) is 33.3 Å². The van der Waals surface area contributed by atoms with Gasteiger partial charge in [-0.1, -0.05) is 23.7 Å². The first kappa shape index (κ1) is 17.1. The van der Waals surface area contributed by atoms with Crippen LogP contribution in [-0.2, 0) is 0 Å². The molecule has 0 aromatic heterocycles. The van der Waals surface area contributed by atoms with Gasteiger partial charge in [0.2, 0.25) is 0 Å². The molecule has 6 heteroatoms. The largest absolute Gasteiger partial charge is 0.497 e. The molecule has 2 aromatic carbocycles. The number of nitrogens with one attached hydrogen (secondary N) is 2. The van der Waals surface area contributed by atoms with Crippen LogP contribution in [0.25, 0.3) is 0 Å². The van der Waals surface area contributed by atoms with E-state index in [0.717, 1.165) is 21.5 Å². The normalized spacial score (nSPS) is 11.6. The minimum absolute atomic E-state index is 0.0804. The van der Waals surface area contributed by atoms with Crippen molar-refractivity contribution in [3.8, 4) is 5.75 Å². The third kappa shape index (κ3) is 4.60. The number of thiocarbonyl (C=S) groups is 1. The molecule has 1 atom stereocenters. The van der Waals surface area contributed by atoms with Crippen LogP contribution in [0.5, 0.6) is 5.75 Å². The quantitative estimate of drug-likeness (QED) is 0.696. The predicted octanol–water partition coefficient (Wildman–Crippen LogP) is 5.16. The van der Waals surface area contributed by atoms with Crippen molar-refractivity contribution in [2.24, 2.45) is 0 Å². The van der Waals surface area contributed by atoms with E-state index in [9.17, 15) is 0 Å². The zero-order valence-electron chi connectivity index (χ0n) is 12.2. The van der Waals surface area contributed by atoms with E-state index in [0.29, 0.717) is 10.1 Å². The van der Waals surface area contributed by atoms with Crippen molar-refractivity contribution in [3.05, 3.63) is 57.5 Å².